The summed E-state index contributed by atoms with van der Waals surface area (Å²) in [6.07, 6.45) is -0.154. The fourth-order valence-corrected chi connectivity index (χ4v) is 2.43. The van der Waals surface area contributed by atoms with E-state index in [1.807, 2.05) is 0 Å². The molecule has 1 atom stereocenters. The first-order valence-corrected chi connectivity index (χ1v) is 6.00. The molecule has 0 fully saturated rings. The second kappa shape index (κ2) is 6.14. The van der Waals surface area contributed by atoms with Crippen molar-refractivity contribution in [3.63, 3.8) is 0 Å². The molecule has 0 bridgehead atoms. The van der Waals surface area contributed by atoms with Gasteiger partial charge < -0.3 is 5.11 Å². The Kier molecular flexibility index (Phi) is 4.81. The molecule has 1 aromatic rings. The number of carboxylic acids is 1. The molecule has 0 heterocycles. The van der Waals surface area contributed by atoms with Crippen LogP contribution < -0.4 is 0 Å². The lowest BCUT2D eigenvalue weighted by atomic mass is 10.3. The zero-order valence-electron chi connectivity index (χ0n) is 9.81. The molecule has 8 nitrogen and oxygen atoms in total. The molecular formula is C10H10N2O6S. The van der Waals surface area contributed by atoms with Crippen molar-refractivity contribution in [2.45, 2.75) is 23.5 Å². The van der Waals surface area contributed by atoms with Crippen molar-refractivity contribution in [2.75, 3.05) is 0 Å². The Morgan fingerprint density at radius 3 is 2.47 bits per heavy atom. The monoisotopic (exact) mass is 286 g/mol. The molecule has 0 spiro atoms. The number of carbonyl (C=O) groups is 1. The maximum absolute atomic E-state index is 10.9. The van der Waals surface area contributed by atoms with Crippen molar-refractivity contribution in [3.8, 4) is 0 Å². The molecule has 0 aliphatic carbocycles. The van der Waals surface area contributed by atoms with Crippen molar-refractivity contribution in [2.24, 2.45) is 0 Å². The van der Waals surface area contributed by atoms with Gasteiger partial charge in [0.15, 0.2) is 0 Å². The number of non-ortho nitro benzene ring substituents is 1. The first-order valence-electron chi connectivity index (χ1n) is 5.12. The SMILES string of the molecule is CC(CC(=O)O)Sc1ccc([N+](=O)[O-])cc1[N+](=O)[O-]. The van der Waals surface area contributed by atoms with Crippen LogP contribution in [0.15, 0.2) is 23.1 Å². The van der Waals surface area contributed by atoms with Gasteiger partial charge in [-0.2, -0.15) is 0 Å². The number of carboxylic acid groups (broad SMARTS) is 1. The molecule has 0 saturated carbocycles. The highest BCUT2D eigenvalue weighted by molar-refractivity contribution is 8.00. The summed E-state index contributed by atoms with van der Waals surface area (Å²) >= 11 is 1.00. The standard InChI is InChI=1S/C10H10N2O6S/c1-6(4-10(13)14)19-9-3-2-7(11(15)16)5-8(9)12(17)18/h2-3,5-6H,4H2,1H3,(H,13,14). The van der Waals surface area contributed by atoms with Crippen LogP contribution in [0.4, 0.5) is 11.4 Å². The quantitative estimate of drug-likeness (QED) is 0.483. The van der Waals surface area contributed by atoms with Crippen molar-refractivity contribution >= 4 is 29.1 Å². The number of nitrogens with zero attached hydrogens (tertiary/aromatic N) is 2. The highest BCUT2D eigenvalue weighted by Gasteiger charge is 2.21. The molecule has 0 amide bonds. The van der Waals surface area contributed by atoms with Crippen LogP contribution in [0.2, 0.25) is 0 Å². The summed E-state index contributed by atoms with van der Waals surface area (Å²) in [6, 6.07) is 3.29. The van der Waals surface area contributed by atoms with Crippen molar-refractivity contribution in [1.29, 1.82) is 0 Å². The summed E-state index contributed by atoms with van der Waals surface area (Å²) in [4.78, 5) is 30.7. The van der Waals surface area contributed by atoms with Gasteiger partial charge in [0.1, 0.15) is 0 Å². The Morgan fingerprint density at radius 2 is 2.00 bits per heavy atom. The number of rotatable bonds is 6. The highest BCUT2D eigenvalue weighted by Crippen LogP contribution is 2.35. The van der Waals surface area contributed by atoms with Crippen LogP contribution in [0.25, 0.3) is 0 Å². The smallest absolute Gasteiger partial charge is 0.304 e. The van der Waals surface area contributed by atoms with E-state index >= 15 is 0 Å². The largest absolute Gasteiger partial charge is 0.481 e. The van der Waals surface area contributed by atoms with E-state index in [1.165, 1.54) is 6.07 Å². The third kappa shape index (κ3) is 4.21. The van der Waals surface area contributed by atoms with Gasteiger partial charge in [-0.3, -0.25) is 25.0 Å². The molecule has 102 valence electrons. The maximum atomic E-state index is 10.9. The molecule has 19 heavy (non-hydrogen) atoms. The molecule has 0 aromatic heterocycles. The highest BCUT2D eigenvalue weighted by atomic mass is 32.2. The second-order valence-electron chi connectivity index (χ2n) is 3.69. The number of hydrogen-bond acceptors (Lipinski definition) is 6. The van der Waals surface area contributed by atoms with Crippen LogP contribution in [-0.4, -0.2) is 26.2 Å². The van der Waals surface area contributed by atoms with Crippen LogP contribution >= 0.6 is 11.8 Å². The van der Waals surface area contributed by atoms with Crippen LogP contribution in [0.5, 0.6) is 0 Å². The molecular weight excluding hydrogens is 276 g/mol. The van der Waals surface area contributed by atoms with Gasteiger partial charge >= 0.3 is 5.97 Å². The van der Waals surface area contributed by atoms with Crippen LogP contribution in [0.1, 0.15) is 13.3 Å². The summed E-state index contributed by atoms with van der Waals surface area (Å²) in [6.45, 7) is 1.62. The van der Waals surface area contributed by atoms with Crippen LogP contribution in [-0.2, 0) is 4.79 Å². The van der Waals surface area contributed by atoms with Gasteiger partial charge in [-0.25, -0.2) is 0 Å². The van der Waals surface area contributed by atoms with E-state index in [2.05, 4.69) is 0 Å². The second-order valence-corrected chi connectivity index (χ2v) is 5.17. The molecule has 0 aliphatic heterocycles. The fraction of sp³-hybridized carbons (Fsp3) is 0.300. The van der Waals surface area contributed by atoms with E-state index in [-0.39, 0.29) is 22.3 Å². The van der Waals surface area contributed by atoms with Gasteiger partial charge in [0.25, 0.3) is 11.4 Å². The lowest BCUT2D eigenvalue weighted by Crippen LogP contribution is -2.06. The summed E-state index contributed by atoms with van der Waals surface area (Å²) in [5.41, 5.74) is -0.765. The molecule has 0 saturated heterocycles. The molecule has 9 heteroatoms. The predicted molar refractivity (Wildman–Crippen MR) is 67.3 cm³/mol. The molecule has 1 rings (SSSR count). The summed E-state index contributed by atoms with van der Waals surface area (Å²) in [5.74, 6) is -1.01. The lowest BCUT2D eigenvalue weighted by Gasteiger charge is -2.08. The van der Waals surface area contributed by atoms with Gasteiger partial charge in [-0.05, 0) is 6.07 Å². The lowest BCUT2D eigenvalue weighted by molar-refractivity contribution is -0.396. The van der Waals surface area contributed by atoms with Crippen molar-refractivity contribution in [1.82, 2.24) is 0 Å². The molecule has 1 N–H and O–H groups in total. The third-order valence-corrected chi connectivity index (χ3v) is 3.31. The fourth-order valence-electron chi connectivity index (χ4n) is 1.37. The Bertz CT molecular complexity index is 533. The van der Waals surface area contributed by atoms with Crippen LogP contribution in [0.3, 0.4) is 0 Å². The van der Waals surface area contributed by atoms with Gasteiger partial charge in [0, 0.05) is 11.3 Å². The zero-order chi connectivity index (χ0) is 14.6. The number of aliphatic carboxylic acids is 1. The minimum absolute atomic E-state index is 0.154. The topological polar surface area (TPSA) is 124 Å². The minimum Gasteiger partial charge on any atom is -0.481 e. The number of nitro groups is 2. The molecule has 0 radical (unpaired) electrons. The Morgan fingerprint density at radius 1 is 1.37 bits per heavy atom. The number of nitro benzene ring substituents is 2. The van der Waals surface area contributed by atoms with Gasteiger partial charge in [-0.15, -0.1) is 11.8 Å². The first kappa shape index (κ1) is 14.9. The average molecular weight is 286 g/mol. The molecule has 1 unspecified atom stereocenters. The molecule has 1 aromatic carbocycles. The minimum atomic E-state index is -1.01. The van der Waals surface area contributed by atoms with E-state index in [0.29, 0.717) is 0 Å². The Hall–Kier alpha value is -2.16. The van der Waals surface area contributed by atoms with E-state index < -0.39 is 21.5 Å². The third-order valence-electron chi connectivity index (χ3n) is 2.14. The van der Waals surface area contributed by atoms with Crippen molar-refractivity contribution < 1.29 is 19.7 Å². The van der Waals surface area contributed by atoms with E-state index in [4.69, 9.17) is 5.11 Å². The summed E-state index contributed by atoms with van der Waals surface area (Å²) in [5, 5.41) is 29.7. The number of benzene rings is 1. The van der Waals surface area contributed by atoms with E-state index in [0.717, 1.165) is 23.9 Å². The number of thioether (sulfide) groups is 1. The van der Waals surface area contributed by atoms with Crippen molar-refractivity contribution in [3.05, 3.63) is 38.4 Å². The van der Waals surface area contributed by atoms with E-state index in [9.17, 15) is 25.0 Å². The predicted octanol–water partition coefficient (Wildman–Crippen LogP) is 2.46. The average Bonchev–Trinajstić information content (AvgIpc) is 2.27. The normalized spacial score (nSPS) is 11.8. The Labute approximate surface area is 111 Å². The number of hydrogen-bond donors (Lipinski definition) is 1. The van der Waals surface area contributed by atoms with Gasteiger partial charge in [0.2, 0.25) is 0 Å². The summed E-state index contributed by atoms with van der Waals surface area (Å²) in [7, 11) is 0. The van der Waals surface area contributed by atoms with Gasteiger partial charge in [0.05, 0.1) is 27.2 Å². The van der Waals surface area contributed by atoms with Gasteiger partial charge in [-0.1, -0.05) is 6.92 Å². The summed E-state index contributed by atoms with van der Waals surface area (Å²) < 4.78 is 0. The van der Waals surface area contributed by atoms with E-state index in [1.54, 1.807) is 6.92 Å². The zero-order valence-corrected chi connectivity index (χ0v) is 10.6. The first-order chi connectivity index (χ1) is 8.81. The Balaban J connectivity index is 3.03. The molecule has 0 aliphatic rings. The maximum Gasteiger partial charge on any atom is 0.304 e. The van der Waals surface area contributed by atoms with Crippen LogP contribution in [0, 0.1) is 20.2 Å².